The van der Waals surface area contributed by atoms with E-state index in [9.17, 15) is 23.2 Å². The number of halogens is 4. The SMILES string of the molecule is N#CCC(C1CC1)N(Cc1ccc(C(F)(F)F)cn1)C(=O)c1ccc2nc(N)c(Br)cc2c1. The Morgan fingerprint density at radius 1 is 1.27 bits per heavy atom. The van der Waals surface area contributed by atoms with Crippen LogP contribution in [-0.2, 0) is 12.7 Å². The topological polar surface area (TPSA) is 95.9 Å². The second-order valence-electron chi connectivity index (χ2n) is 8.00. The molecule has 0 spiro atoms. The molecule has 1 atom stereocenters. The van der Waals surface area contributed by atoms with E-state index < -0.39 is 11.7 Å². The number of hydrogen-bond donors (Lipinski definition) is 1. The van der Waals surface area contributed by atoms with Crippen molar-refractivity contribution in [2.45, 2.75) is 38.0 Å². The van der Waals surface area contributed by atoms with Crippen LogP contribution in [-0.4, -0.2) is 26.8 Å². The van der Waals surface area contributed by atoms with E-state index in [0.29, 0.717) is 32.5 Å². The molecule has 10 heteroatoms. The first-order valence-corrected chi connectivity index (χ1v) is 11.0. The van der Waals surface area contributed by atoms with Crippen molar-refractivity contribution in [3.63, 3.8) is 0 Å². The quantitative estimate of drug-likeness (QED) is 0.476. The molecule has 0 radical (unpaired) electrons. The molecule has 1 aliphatic carbocycles. The van der Waals surface area contributed by atoms with E-state index in [1.807, 2.05) is 0 Å². The molecule has 0 aliphatic heterocycles. The van der Waals surface area contributed by atoms with Crippen LogP contribution in [0.15, 0.2) is 47.1 Å². The standard InChI is InChI=1S/C23H19BrF3N5O/c24-18-10-15-9-14(3-6-19(15)31-21(18)29)22(33)32(20(7-8-28)13-1-2-13)12-17-5-4-16(11-30-17)23(25,26)27/h3-6,9-11,13,20H,1-2,7,12H2,(H2,29,31). The summed E-state index contributed by atoms with van der Waals surface area (Å²) in [6.45, 7) is 0.00152. The lowest BCUT2D eigenvalue weighted by molar-refractivity contribution is -0.137. The molecule has 0 bridgehead atoms. The molecule has 2 N–H and O–H groups in total. The highest BCUT2D eigenvalue weighted by Gasteiger charge is 2.38. The van der Waals surface area contributed by atoms with Crippen LogP contribution in [0, 0.1) is 17.2 Å². The number of pyridine rings is 2. The number of carbonyl (C=O) groups excluding carboxylic acids is 1. The average Bonchev–Trinajstić information content (AvgIpc) is 3.61. The molecule has 1 fully saturated rings. The summed E-state index contributed by atoms with van der Waals surface area (Å²) in [6.07, 6.45) is -1.81. The molecule has 6 nitrogen and oxygen atoms in total. The van der Waals surface area contributed by atoms with Gasteiger partial charge in [-0.1, -0.05) is 0 Å². The van der Waals surface area contributed by atoms with Crippen LogP contribution in [0.1, 0.15) is 40.9 Å². The number of anilines is 1. The number of alkyl halides is 3. The Morgan fingerprint density at radius 2 is 2.03 bits per heavy atom. The minimum atomic E-state index is -4.49. The van der Waals surface area contributed by atoms with Gasteiger partial charge in [0.15, 0.2) is 0 Å². The van der Waals surface area contributed by atoms with Crippen molar-refractivity contribution in [3.05, 3.63) is 63.9 Å². The second kappa shape index (κ2) is 8.98. The van der Waals surface area contributed by atoms with Crippen LogP contribution < -0.4 is 5.73 Å². The Kier molecular flexibility index (Phi) is 6.26. The lowest BCUT2D eigenvalue weighted by atomic mass is 10.0. The largest absolute Gasteiger partial charge is 0.417 e. The smallest absolute Gasteiger partial charge is 0.383 e. The number of nitrogen functional groups attached to an aromatic ring is 1. The van der Waals surface area contributed by atoms with Gasteiger partial charge in [-0.25, -0.2) is 4.98 Å². The molecule has 1 amide bonds. The summed E-state index contributed by atoms with van der Waals surface area (Å²) >= 11 is 3.33. The highest BCUT2D eigenvalue weighted by molar-refractivity contribution is 9.10. The number of benzene rings is 1. The van der Waals surface area contributed by atoms with Gasteiger partial charge < -0.3 is 10.6 Å². The Balaban J connectivity index is 1.68. The third-order valence-electron chi connectivity index (χ3n) is 5.65. The first-order chi connectivity index (χ1) is 15.7. The van der Waals surface area contributed by atoms with Crippen molar-refractivity contribution in [2.24, 2.45) is 5.92 Å². The zero-order valence-electron chi connectivity index (χ0n) is 17.3. The van der Waals surface area contributed by atoms with Gasteiger partial charge in [-0.15, -0.1) is 0 Å². The fourth-order valence-electron chi connectivity index (χ4n) is 3.77. The molecule has 1 aromatic carbocycles. The molecule has 1 aliphatic rings. The van der Waals surface area contributed by atoms with E-state index in [2.05, 4.69) is 32.0 Å². The van der Waals surface area contributed by atoms with E-state index in [4.69, 9.17) is 5.73 Å². The summed E-state index contributed by atoms with van der Waals surface area (Å²) < 4.78 is 39.3. The lowest BCUT2D eigenvalue weighted by Gasteiger charge is -2.31. The van der Waals surface area contributed by atoms with Crippen LogP contribution in [0.4, 0.5) is 19.0 Å². The number of nitrogens with zero attached hydrogens (tertiary/aromatic N) is 4. The Bertz CT molecular complexity index is 1240. The van der Waals surface area contributed by atoms with Crippen molar-refractivity contribution < 1.29 is 18.0 Å². The van der Waals surface area contributed by atoms with Gasteiger partial charge in [0.25, 0.3) is 5.91 Å². The molecule has 33 heavy (non-hydrogen) atoms. The van der Waals surface area contributed by atoms with Crippen molar-refractivity contribution >= 4 is 38.6 Å². The molecular weight excluding hydrogens is 499 g/mol. The van der Waals surface area contributed by atoms with E-state index in [0.717, 1.165) is 25.1 Å². The molecule has 3 aromatic rings. The predicted molar refractivity (Wildman–Crippen MR) is 120 cm³/mol. The molecule has 2 aromatic heterocycles. The van der Waals surface area contributed by atoms with Crippen LogP contribution in [0.2, 0.25) is 0 Å². The summed E-state index contributed by atoms with van der Waals surface area (Å²) in [4.78, 5) is 23.3. The summed E-state index contributed by atoms with van der Waals surface area (Å²) in [5.74, 6) is 0.192. The van der Waals surface area contributed by atoms with Gasteiger partial charge in [-0.2, -0.15) is 18.4 Å². The zero-order valence-corrected chi connectivity index (χ0v) is 18.9. The summed E-state index contributed by atoms with van der Waals surface area (Å²) in [7, 11) is 0. The molecule has 4 rings (SSSR count). The molecule has 1 saturated carbocycles. The van der Waals surface area contributed by atoms with Crippen molar-refractivity contribution in [2.75, 3.05) is 5.73 Å². The van der Waals surface area contributed by atoms with Gasteiger partial charge >= 0.3 is 6.18 Å². The number of carbonyl (C=O) groups is 1. The first kappa shape index (κ1) is 23.0. The van der Waals surface area contributed by atoms with Gasteiger partial charge in [0.1, 0.15) is 5.82 Å². The maximum atomic E-state index is 13.6. The predicted octanol–water partition coefficient (Wildman–Crippen LogP) is 5.33. The maximum absolute atomic E-state index is 13.6. The number of fused-ring (bicyclic) bond motifs is 1. The number of nitrogens with two attached hydrogens (primary N) is 1. The molecule has 0 saturated heterocycles. The minimum Gasteiger partial charge on any atom is -0.383 e. The Hall–Kier alpha value is -3.19. The van der Waals surface area contributed by atoms with Gasteiger partial charge in [0.2, 0.25) is 0 Å². The first-order valence-electron chi connectivity index (χ1n) is 10.2. The van der Waals surface area contributed by atoms with E-state index in [1.54, 1.807) is 29.2 Å². The van der Waals surface area contributed by atoms with Crippen molar-refractivity contribution in [3.8, 4) is 6.07 Å². The van der Waals surface area contributed by atoms with Gasteiger partial charge in [-0.05, 0) is 71.1 Å². The van der Waals surface area contributed by atoms with E-state index in [-0.39, 0.29) is 30.8 Å². The number of amides is 1. The van der Waals surface area contributed by atoms with Crippen LogP contribution in [0.25, 0.3) is 10.9 Å². The highest BCUT2D eigenvalue weighted by Crippen LogP contribution is 2.38. The third-order valence-corrected chi connectivity index (χ3v) is 6.29. The fourth-order valence-corrected chi connectivity index (χ4v) is 4.11. The lowest BCUT2D eigenvalue weighted by Crippen LogP contribution is -2.41. The average molecular weight is 518 g/mol. The number of aromatic nitrogens is 2. The highest BCUT2D eigenvalue weighted by atomic mass is 79.9. The second-order valence-corrected chi connectivity index (χ2v) is 8.85. The molecule has 170 valence electrons. The monoisotopic (exact) mass is 517 g/mol. The number of hydrogen-bond acceptors (Lipinski definition) is 5. The normalized spacial score (nSPS) is 14.6. The summed E-state index contributed by atoms with van der Waals surface area (Å²) in [5, 5.41) is 10.1. The Morgan fingerprint density at radius 3 is 2.64 bits per heavy atom. The van der Waals surface area contributed by atoms with Gasteiger partial charge in [-0.3, -0.25) is 9.78 Å². The number of nitriles is 1. The van der Waals surface area contributed by atoms with Crippen molar-refractivity contribution in [1.29, 1.82) is 5.26 Å². The fraction of sp³-hybridized carbons (Fsp3) is 0.304. The maximum Gasteiger partial charge on any atom is 0.417 e. The summed E-state index contributed by atoms with van der Waals surface area (Å²) in [6, 6.07) is 10.8. The van der Waals surface area contributed by atoms with E-state index in [1.165, 1.54) is 6.07 Å². The number of rotatable bonds is 6. The van der Waals surface area contributed by atoms with Crippen molar-refractivity contribution in [1.82, 2.24) is 14.9 Å². The summed E-state index contributed by atoms with van der Waals surface area (Å²) in [5.41, 5.74) is 6.30. The van der Waals surface area contributed by atoms with Crippen LogP contribution in [0.3, 0.4) is 0 Å². The molecule has 1 unspecified atom stereocenters. The third kappa shape index (κ3) is 5.09. The van der Waals surface area contributed by atoms with Gasteiger partial charge in [0.05, 0.1) is 40.3 Å². The van der Waals surface area contributed by atoms with E-state index >= 15 is 0 Å². The van der Waals surface area contributed by atoms with Gasteiger partial charge in [0, 0.05) is 23.2 Å². The zero-order chi connectivity index (χ0) is 23.8. The van der Waals surface area contributed by atoms with Crippen LogP contribution in [0.5, 0.6) is 0 Å². The Labute approximate surface area is 196 Å². The minimum absolute atomic E-state index is 0.00152. The van der Waals surface area contributed by atoms with Crippen LogP contribution >= 0.6 is 15.9 Å². The molecule has 2 heterocycles. The molecular formula is C23H19BrF3N5O.